The van der Waals surface area contributed by atoms with Crippen LogP contribution in [0.15, 0.2) is 23.8 Å². The van der Waals surface area contributed by atoms with Crippen LogP contribution in [0.1, 0.15) is 46.5 Å². The van der Waals surface area contributed by atoms with Gasteiger partial charge < -0.3 is 14.7 Å². The van der Waals surface area contributed by atoms with Gasteiger partial charge in [-0.15, -0.1) is 12.8 Å². The monoisotopic (exact) mass is 441 g/mol. The third-order valence-electron chi connectivity index (χ3n) is 8.64. The molecule has 0 spiro atoms. The minimum Gasteiger partial charge on any atom is -0.393 e. The summed E-state index contributed by atoms with van der Waals surface area (Å²) in [7, 11) is 3.12. The van der Waals surface area contributed by atoms with Crippen molar-refractivity contribution in [3.63, 3.8) is 0 Å². The summed E-state index contributed by atoms with van der Waals surface area (Å²) >= 11 is 0. The maximum Gasteiger partial charge on any atom is 0.416 e. The molecule has 0 aromatic heterocycles. The van der Waals surface area contributed by atoms with Gasteiger partial charge in [-0.05, 0) is 61.0 Å². The topological polar surface area (TPSA) is 83.9 Å². The molecule has 3 fully saturated rings. The number of aliphatic hydroxyl groups is 1. The number of esters is 1. The van der Waals surface area contributed by atoms with Gasteiger partial charge in [0.2, 0.25) is 0 Å². The summed E-state index contributed by atoms with van der Waals surface area (Å²) in [6, 6.07) is 0. The highest BCUT2D eigenvalue weighted by Crippen LogP contribution is 2.67. The number of fused-ring (bicyclic) bond motifs is 5. The second-order valence-corrected chi connectivity index (χ2v) is 10.6. The Morgan fingerprint density at radius 1 is 1.25 bits per heavy atom. The second kappa shape index (κ2) is 8.51. The largest absolute Gasteiger partial charge is 0.416 e. The molecule has 4 rings (SSSR count). The maximum atomic E-state index is 13.0. The summed E-state index contributed by atoms with van der Waals surface area (Å²) in [5, 5.41) is 11.4. The Kier molecular flexibility index (Phi) is 6.45. The predicted molar refractivity (Wildman–Crippen MR) is 121 cm³/mol. The fourth-order valence-electron chi connectivity index (χ4n) is 7.44. The van der Waals surface area contributed by atoms with Crippen LogP contribution in [0.4, 0.5) is 4.79 Å². The zero-order chi connectivity index (χ0) is 24.0. The van der Waals surface area contributed by atoms with Crippen molar-refractivity contribution in [1.29, 1.82) is 0 Å². The van der Waals surface area contributed by atoms with E-state index < -0.39 is 29.5 Å². The van der Waals surface area contributed by atoms with Gasteiger partial charge in [-0.25, -0.2) is 4.79 Å². The lowest BCUT2D eigenvalue weighted by atomic mass is 9.47. The summed E-state index contributed by atoms with van der Waals surface area (Å²) in [5.41, 5.74) is 0.396. The molecule has 0 radical (unpaired) electrons. The van der Waals surface area contributed by atoms with Crippen LogP contribution < -0.4 is 0 Å². The summed E-state index contributed by atoms with van der Waals surface area (Å²) < 4.78 is 5.18. The van der Waals surface area contributed by atoms with E-state index in [0.29, 0.717) is 6.42 Å². The number of aliphatic hydroxyl groups excluding tert-OH is 1. The smallest absolute Gasteiger partial charge is 0.393 e. The number of allylic oxidation sites excluding steroid dienone is 4. The number of carbonyl (C=O) groups is 3. The first-order valence-corrected chi connectivity index (χ1v) is 11.4. The number of ether oxygens (including phenoxy) is 1. The Morgan fingerprint density at radius 3 is 2.53 bits per heavy atom. The first-order chi connectivity index (χ1) is 15.0. The van der Waals surface area contributed by atoms with Crippen LogP contribution in [0.25, 0.3) is 0 Å². The molecule has 4 aliphatic rings. The molecule has 0 saturated heterocycles. The van der Waals surface area contributed by atoms with Crippen molar-refractivity contribution in [3.8, 4) is 12.8 Å². The number of terminal acetylenes is 1. The van der Waals surface area contributed by atoms with Crippen molar-refractivity contribution in [3.05, 3.63) is 23.8 Å². The van der Waals surface area contributed by atoms with Gasteiger partial charge in [0.1, 0.15) is 0 Å². The molecule has 8 atom stereocenters. The van der Waals surface area contributed by atoms with E-state index >= 15 is 0 Å². The van der Waals surface area contributed by atoms with Crippen molar-refractivity contribution in [2.75, 3.05) is 14.1 Å². The molecule has 6 heteroatoms. The fraction of sp³-hybridized carbons (Fsp3) is 0.654. The van der Waals surface area contributed by atoms with E-state index in [4.69, 9.17) is 4.74 Å². The molecule has 1 amide bonds. The molecule has 3 saturated carbocycles. The fourth-order valence-corrected chi connectivity index (χ4v) is 7.44. The lowest BCUT2D eigenvalue weighted by Crippen LogP contribution is -2.56. The van der Waals surface area contributed by atoms with E-state index in [2.05, 4.69) is 33.6 Å². The van der Waals surface area contributed by atoms with Crippen LogP contribution in [-0.4, -0.2) is 48.1 Å². The molecule has 0 aromatic carbocycles. The molecule has 32 heavy (non-hydrogen) atoms. The summed E-state index contributed by atoms with van der Waals surface area (Å²) in [4.78, 5) is 38.2. The van der Waals surface area contributed by atoms with Gasteiger partial charge in [0.05, 0.1) is 12.0 Å². The van der Waals surface area contributed by atoms with E-state index in [1.165, 1.54) is 4.90 Å². The average Bonchev–Trinajstić information content (AvgIpc) is 2.99. The minimum atomic E-state index is -0.648. The highest BCUT2D eigenvalue weighted by molar-refractivity contribution is 6.01. The first-order valence-electron chi connectivity index (χ1n) is 11.4. The van der Waals surface area contributed by atoms with Gasteiger partial charge in [-0.1, -0.05) is 32.4 Å². The summed E-state index contributed by atoms with van der Waals surface area (Å²) in [5.74, 6) is -0.190. The molecule has 0 heterocycles. The molecular formula is C26H35NO5. The Bertz CT molecular complexity index is 886. The molecule has 4 aliphatic carbocycles. The Balaban J connectivity index is 0.00000141. The highest BCUT2D eigenvalue weighted by atomic mass is 16.6. The molecule has 4 unspecified atom stereocenters. The number of carbonyl (C=O) groups excluding carboxylic acids is 3. The molecule has 0 aliphatic heterocycles. The third kappa shape index (κ3) is 3.61. The van der Waals surface area contributed by atoms with E-state index in [0.717, 1.165) is 24.8 Å². The number of amides is 1. The van der Waals surface area contributed by atoms with Crippen LogP contribution in [0.5, 0.6) is 0 Å². The molecule has 6 nitrogen and oxygen atoms in total. The zero-order valence-electron chi connectivity index (χ0n) is 19.7. The number of hydrogen-bond donors (Lipinski definition) is 1. The Morgan fingerprint density at radius 2 is 1.91 bits per heavy atom. The van der Waals surface area contributed by atoms with Gasteiger partial charge in [0.25, 0.3) is 0 Å². The third-order valence-corrected chi connectivity index (χ3v) is 8.64. The molecule has 0 bridgehead atoms. The van der Waals surface area contributed by atoms with Crippen LogP contribution in [0, 0.1) is 53.3 Å². The number of ketones is 1. The van der Waals surface area contributed by atoms with Crippen molar-refractivity contribution in [2.45, 2.75) is 52.6 Å². The molecule has 0 aromatic rings. The van der Waals surface area contributed by atoms with Crippen LogP contribution in [0.2, 0.25) is 0 Å². The first kappa shape index (κ1) is 24.3. The van der Waals surface area contributed by atoms with Crippen LogP contribution >= 0.6 is 0 Å². The number of hydrogen-bond acceptors (Lipinski definition) is 5. The zero-order valence-corrected chi connectivity index (χ0v) is 19.7. The molecule has 174 valence electrons. The van der Waals surface area contributed by atoms with Gasteiger partial charge in [0, 0.05) is 25.4 Å². The second-order valence-electron chi connectivity index (χ2n) is 10.6. The van der Waals surface area contributed by atoms with Crippen molar-refractivity contribution >= 4 is 17.8 Å². The quantitative estimate of drug-likeness (QED) is 0.382. The lowest BCUT2D eigenvalue weighted by molar-refractivity contribution is -0.157. The van der Waals surface area contributed by atoms with Gasteiger partial charge in [-0.3, -0.25) is 9.59 Å². The molecule has 1 N–H and O–H groups in total. The van der Waals surface area contributed by atoms with E-state index in [1.54, 1.807) is 26.2 Å². The highest BCUT2D eigenvalue weighted by Gasteiger charge is 2.64. The maximum absolute atomic E-state index is 13.0. The minimum absolute atomic E-state index is 0.0268. The average molecular weight is 442 g/mol. The van der Waals surface area contributed by atoms with Gasteiger partial charge in [-0.2, -0.15) is 0 Å². The molecular weight excluding hydrogens is 406 g/mol. The van der Waals surface area contributed by atoms with E-state index in [-0.39, 0.29) is 34.9 Å². The predicted octanol–water partition coefficient (Wildman–Crippen LogP) is 3.60. The summed E-state index contributed by atoms with van der Waals surface area (Å²) in [6.07, 6.45) is 15.3. The lowest BCUT2D eigenvalue weighted by Gasteiger charge is -2.58. The van der Waals surface area contributed by atoms with Crippen LogP contribution in [0.3, 0.4) is 0 Å². The van der Waals surface area contributed by atoms with Crippen LogP contribution in [-0.2, 0) is 14.3 Å². The van der Waals surface area contributed by atoms with Crippen molar-refractivity contribution in [1.82, 2.24) is 4.90 Å². The van der Waals surface area contributed by atoms with E-state index in [1.807, 2.05) is 6.08 Å². The number of rotatable bonds is 1. The Hall–Kier alpha value is -2.39. The number of nitrogens with zero attached hydrogens (tertiary/aromatic N) is 1. The van der Waals surface area contributed by atoms with E-state index in [9.17, 15) is 19.5 Å². The summed E-state index contributed by atoms with van der Waals surface area (Å²) in [6.45, 7) is 6.30. The SMILES string of the molecule is C#C.C[C@@H]1CC2C3CCC4=CC(=O)C=C[C@]4(C)C3C(O)C[C@]2(C)[C@H]1C(=O)OC(=O)N(C)C. The van der Waals surface area contributed by atoms with Gasteiger partial charge in [0.15, 0.2) is 5.78 Å². The van der Waals surface area contributed by atoms with Gasteiger partial charge >= 0.3 is 12.1 Å². The Labute approximate surface area is 191 Å². The van der Waals surface area contributed by atoms with Crippen molar-refractivity contribution in [2.24, 2.45) is 40.4 Å². The van der Waals surface area contributed by atoms with Crippen molar-refractivity contribution < 1.29 is 24.2 Å². The normalized spacial score (nSPS) is 41.8. The standard InChI is InChI=1S/C24H33NO5.C2H2/c1-13-10-17-16-7-6-14-11-15(26)8-9-23(14,2)20(16)18(27)12-24(17,3)19(13)21(28)30-22(29)25(4)5;1-2/h8-9,11,13,16-20,27H,6-7,10,12H2,1-5H3;1-2H/t13-,16?,17?,18?,19-,20?,23+,24+;/m1./s1.